The summed E-state index contributed by atoms with van der Waals surface area (Å²) in [5.74, 6) is 0.0106. The van der Waals surface area contributed by atoms with Crippen molar-refractivity contribution in [2.45, 2.75) is 19.0 Å². The summed E-state index contributed by atoms with van der Waals surface area (Å²) >= 11 is 8.37. The number of aromatic nitrogens is 1. The zero-order chi connectivity index (χ0) is 26.8. The fourth-order valence-corrected chi connectivity index (χ4v) is 4.72. The summed E-state index contributed by atoms with van der Waals surface area (Å²) in [6.45, 7) is 2.24. The topological polar surface area (TPSA) is 137 Å². The van der Waals surface area contributed by atoms with Crippen molar-refractivity contribution >= 4 is 57.4 Å². The smallest absolute Gasteiger partial charge is 0.279 e. The summed E-state index contributed by atoms with van der Waals surface area (Å²) in [6, 6.07) is 19.3. The fraction of sp³-hybridized carbons (Fsp3) is 0.217. The van der Waals surface area contributed by atoms with E-state index in [1.165, 1.54) is 35.2 Å². The number of halogens is 1. The van der Waals surface area contributed by atoms with Crippen LogP contribution in [0.3, 0.4) is 0 Å². The Balaban J connectivity index is 0.000000222. The maximum absolute atomic E-state index is 12.9. The SMILES string of the molecule is CN/C(=N\[N+](=O)[O-])NCc1cnc(Cl)s1.CSC1=N[C@@](C)(c2ccccc2)C(=O)N1Nc1ccccc1. The van der Waals surface area contributed by atoms with Crippen LogP contribution < -0.4 is 16.1 Å². The van der Waals surface area contributed by atoms with Gasteiger partial charge in [-0.25, -0.2) is 20.1 Å². The number of hydrazone groups is 1. The number of amides is 1. The molecule has 2 aromatic carbocycles. The molecule has 4 rings (SSSR count). The average molecular weight is 561 g/mol. The summed E-state index contributed by atoms with van der Waals surface area (Å²) in [5.41, 5.74) is 4.01. The van der Waals surface area contributed by atoms with E-state index in [1.807, 2.05) is 73.8 Å². The van der Waals surface area contributed by atoms with Crippen LogP contribution >= 0.6 is 34.7 Å². The lowest BCUT2D eigenvalue weighted by molar-refractivity contribution is -0.485. The molecule has 11 nitrogen and oxygen atoms in total. The molecule has 0 aliphatic carbocycles. The van der Waals surface area contributed by atoms with Crippen molar-refractivity contribution in [3.05, 3.63) is 91.9 Å². The predicted molar refractivity (Wildman–Crippen MR) is 149 cm³/mol. The van der Waals surface area contributed by atoms with Crippen LogP contribution in [0.25, 0.3) is 0 Å². The van der Waals surface area contributed by atoms with Crippen LogP contribution in [0.15, 0.2) is 77.0 Å². The molecular formula is C23H25ClN8O3S2. The average Bonchev–Trinajstić information content (AvgIpc) is 3.44. The molecule has 1 amide bonds. The molecule has 1 aliphatic heterocycles. The molecule has 194 valence electrons. The highest BCUT2D eigenvalue weighted by atomic mass is 35.5. The van der Waals surface area contributed by atoms with E-state index in [0.717, 1.165) is 16.1 Å². The molecule has 0 bridgehead atoms. The van der Waals surface area contributed by atoms with Gasteiger partial charge in [0.1, 0.15) is 5.10 Å². The van der Waals surface area contributed by atoms with Gasteiger partial charge in [-0.15, -0.1) is 11.3 Å². The summed E-state index contributed by atoms with van der Waals surface area (Å²) in [7, 11) is 1.54. The van der Waals surface area contributed by atoms with E-state index >= 15 is 0 Å². The molecular weight excluding hydrogens is 536 g/mol. The molecule has 14 heteroatoms. The number of guanidine groups is 1. The minimum Gasteiger partial charge on any atom is -0.354 e. The van der Waals surface area contributed by atoms with Crippen molar-refractivity contribution in [2.24, 2.45) is 10.1 Å². The van der Waals surface area contributed by atoms with Gasteiger partial charge in [-0.2, -0.15) is 5.01 Å². The molecule has 3 aromatic rings. The van der Waals surface area contributed by atoms with Gasteiger partial charge in [0.25, 0.3) is 11.9 Å². The maximum Gasteiger partial charge on any atom is 0.279 e. The quantitative estimate of drug-likeness (QED) is 0.177. The number of thioether (sulfide) groups is 1. The minimum atomic E-state index is -0.888. The Kier molecular flexibility index (Phi) is 9.83. The van der Waals surface area contributed by atoms with Gasteiger partial charge in [0.2, 0.25) is 0 Å². The van der Waals surface area contributed by atoms with Gasteiger partial charge in [0.15, 0.2) is 20.2 Å². The van der Waals surface area contributed by atoms with Crippen LogP contribution in [0.2, 0.25) is 4.47 Å². The number of para-hydroxylation sites is 1. The van der Waals surface area contributed by atoms with Crippen molar-refractivity contribution < 1.29 is 9.83 Å². The van der Waals surface area contributed by atoms with E-state index in [0.29, 0.717) is 16.2 Å². The highest BCUT2D eigenvalue weighted by Crippen LogP contribution is 2.35. The molecule has 3 N–H and O–H groups in total. The molecule has 2 heterocycles. The Morgan fingerprint density at radius 1 is 1.22 bits per heavy atom. The molecule has 1 aromatic heterocycles. The number of rotatable bonds is 6. The van der Waals surface area contributed by atoms with E-state index in [4.69, 9.17) is 11.6 Å². The Hall–Kier alpha value is -3.68. The Labute approximate surface area is 227 Å². The first-order chi connectivity index (χ1) is 17.8. The number of anilines is 1. The monoisotopic (exact) mass is 560 g/mol. The third-order valence-electron chi connectivity index (χ3n) is 5.04. The zero-order valence-electron chi connectivity index (χ0n) is 20.2. The second-order valence-corrected chi connectivity index (χ2v) is 10.00. The third-order valence-corrected chi connectivity index (χ3v) is 6.79. The number of nitrogens with zero attached hydrogens (tertiary/aromatic N) is 5. The van der Waals surface area contributed by atoms with Gasteiger partial charge >= 0.3 is 0 Å². The van der Waals surface area contributed by atoms with Gasteiger partial charge < -0.3 is 10.6 Å². The van der Waals surface area contributed by atoms with Crippen LogP contribution in [-0.2, 0) is 16.9 Å². The van der Waals surface area contributed by atoms with E-state index in [1.54, 1.807) is 6.20 Å². The number of amidine groups is 1. The van der Waals surface area contributed by atoms with Crippen molar-refractivity contribution in [1.82, 2.24) is 20.6 Å². The fourth-order valence-electron chi connectivity index (χ4n) is 3.21. The number of carbonyl (C=O) groups excluding carboxylic acids is 1. The number of hydrogen-bond donors (Lipinski definition) is 3. The van der Waals surface area contributed by atoms with Crippen LogP contribution in [0, 0.1) is 10.1 Å². The second kappa shape index (κ2) is 13.0. The minimum absolute atomic E-state index is 0.0769. The predicted octanol–water partition coefficient (Wildman–Crippen LogP) is 4.14. The van der Waals surface area contributed by atoms with Gasteiger partial charge in [-0.05, 0) is 30.9 Å². The Morgan fingerprint density at radius 2 is 1.86 bits per heavy atom. The van der Waals surface area contributed by atoms with E-state index in [-0.39, 0.29) is 11.9 Å². The van der Waals surface area contributed by atoms with Crippen molar-refractivity contribution in [1.29, 1.82) is 0 Å². The van der Waals surface area contributed by atoms with Crippen molar-refractivity contribution in [2.75, 3.05) is 18.7 Å². The molecule has 0 radical (unpaired) electrons. The first kappa shape index (κ1) is 27.9. The lowest BCUT2D eigenvalue weighted by atomic mass is 9.92. The summed E-state index contributed by atoms with van der Waals surface area (Å²) in [5, 5.41) is 19.9. The number of hydrogen-bond acceptors (Lipinski definition) is 8. The number of hydrazine groups is 1. The number of nitrogens with one attached hydrogen (secondary N) is 3. The van der Waals surface area contributed by atoms with E-state index < -0.39 is 10.6 Å². The highest BCUT2D eigenvalue weighted by Gasteiger charge is 2.46. The first-order valence-corrected chi connectivity index (χ1v) is 13.3. The molecule has 0 saturated heterocycles. The number of aliphatic imine (C=N–C) groups is 1. The largest absolute Gasteiger partial charge is 0.354 e. The van der Waals surface area contributed by atoms with Crippen molar-refractivity contribution in [3.8, 4) is 0 Å². The number of thiazole rings is 1. The molecule has 1 atom stereocenters. The summed E-state index contributed by atoms with van der Waals surface area (Å²) < 4.78 is 0.434. The maximum atomic E-state index is 12.9. The number of benzene rings is 2. The van der Waals surface area contributed by atoms with Gasteiger partial charge in [-0.1, -0.05) is 71.9 Å². The van der Waals surface area contributed by atoms with Gasteiger partial charge in [-0.3, -0.25) is 10.2 Å². The molecule has 0 saturated carbocycles. The second-order valence-electron chi connectivity index (χ2n) is 7.52. The normalized spacial score (nSPS) is 17.0. The van der Waals surface area contributed by atoms with E-state index in [9.17, 15) is 14.9 Å². The van der Waals surface area contributed by atoms with Crippen LogP contribution in [-0.4, -0.2) is 45.4 Å². The Morgan fingerprint density at radius 3 is 2.41 bits per heavy atom. The molecule has 0 fully saturated rings. The molecule has 37 heavy (non-hydrogen) atoms. The van der Waals surface area contributed by atoms with Gasteiger partial charge in [0, 0.05) is 18.1 Å². The van der Waals surface area contributed by atoms with Crippen LogP contribution in [0.4, 0.5) is 5.69 Å². The zero-order valence-corrected chi connectivity index (χ0v) is 22.6. The van der Waals surface area contributed by atoms with Crippen LogP contribution in [0.5, 0.6) is 0 Å². The molecule has 0 spiro atoms. The van der Waals surface area contributed by atoms with Crippen LogP contribution in [0.1, 0.15) is 17.4 Å². The lowest BCUT2D eigenvalue weighted by Gasteiger charge is -2.23. The first-order valence-electron chi connectivity index (χ1n) is 10.9. The van der Waals surface area contributed by atoms with Gasteiger partial charge in [0.05, 0.1) is 12.2 Å². The number of carbonyl (C=O) groups is 1. The molecule has 1 aliphatic rings. The van der Waals surface area contributed by atoms with Crippen molar-refractivity contribution in [3.63, 3.8) is 0 Å². The third kappa shape index (κ3) is 7.41. The summed E-state index contributed by atoms with van der Waals surface area (Å²) in [4.78, 5) is 32.4. The lowest BCUT2D eigenvalue weighted by Crippen LogP contribution is -2.42. The highest BCUT2D eigenvalue weighted by molar-refractivity contribution is 8.13. The Bertz CT molecular complexity index is 1270. The standard InChI is InChI=1S/C17H17N3OS.C6H8ClN5O2S/c1-17(13-9-5-3-6-10-13)15(21)20(16(18-17)22-2)19-14-11-7-4-8-12-14;1-8-6(11-12(13)14)10-3-4-2-9-5(7)15-4/h3-12,19H,1-2H3;2H,3H2,1H3,(H2,8,10,11)/t17-;/m0./s1. The number of nitro groups is 1. The molecule has 0 unspecified atom stereocenters. The summed E-state index contributed by atoms with van der Waals surface area (Å²) in [6.07, 6.45) is 3.52. The van der Waals surface area contributed by atoms with E-state index in [2.05, 4.69) is 31.1 Å².